The molecule has 0 aliphatic heterocycles. The first kappa shape index (κ1) is 11.8. The summed E-state index contributed by atoms with van der Waals surface area (Å²) in [6.45, 7) is 1.64. The minimum Gasteiger partial charge on any atom is -0.493 e. The maximum Gasteiger partial charge on any atom is 0.161 e. The van der Waals surface area contributed by atoms with Crippen LogP contribution in [0.25, 0.3) is 0 Å². The molecule has 1 aromatic rings. The van der Waals surface area contributed by atoms with Crippen LogP contribution in [0.2, 0.25) is 0 Å². The number of nitrogens with two attached hydrogens (primary N) is 1. The van der Waals surface area contributed by atoms with Gasteiger partial charge in [0.1, 0.15) is 0 Å². The fraction of sp³-hybridized carbons (Fsp3) is 0.455. The Labute approximate surface area is 89.9 Å². The van der Waals surface area contributed by atoms with Crippen LogP contribution in [0, 0.1) is 0 Å². The third-order valence-corrected chi connectivity index (χ3v) is 1.98. The van der Waals surface area contributed by atoms with Crippen LogP contribution >= 0.6 is 0 Å². The fourth-order valence-corrected chi connectivity index (χ4v) is 1.24. The molecule has 0 aromatic heterocycles. The molecule has 0 atom stereocenters. The highest BCUT2D eigenvalue weighted by Gasteiger charge is 2.03. The normalized spacial score (nSPS) is 10.1. The van der Waals surface area contributed by atoms with Crippen LogP contribution in [0.1, 0.15) is 5.56 Å². The van der Waals surface area contributed by atoms with Crippen molar-refractivity contribution in [3.05, 3.63) is 23.8 Å². The summed E-state index contributed by atoms with van der Waals surface area (Å²) in [4.78, 5) is 0. The highest BCUT2D eigenvalue weighted by molar-refractivity contribution is 5.42. The SMILES string of the molecule is COc1ccc(COCCN)cc1OC. The van der Waals surface area contributed by atoms with Crippen molar-refractivity contribution < 1.29 is 14.2 Å². The Balaban J connectivity index is 2.66. The van der Waals surface area contributed by atoms with Crippen LogP contribution in [0.4, 0.5) is 0 Å². The molecule has 15 heavy (non-hydrogen) atoms. The first-order chi connectivity index (χ1) is 7.31. The second-order valence-electron chi connectivity index (χ2n) is 3.03. The average molecular weight is 211 g/mol. The molecule has 0 amide bonds. The maximum atomic E-state index is 5.32. The van der Waals surface area contributed by atoms with Gasteiger partial charge in [0.05, 0.1) is 27.4 Å². The third-order valence-electron chi connectivity index (χ3n) is 1.98. The molecule has 84 valence electrons. The van der Waals surface area contributed by atoms with Gasteiger partial charge in [0.15, 0.2) is 11.5 Å². The van der Waals surface area contributed by atoms with Crippen LogP contribution in [-0.2, 0) is 11.3 Å². The maximum absolute atomic E-state index is 5.32. The zero-order chi connectivity index (χ0) is 11.1. The molecule has 0 saturated carbocycles. The standard InChI is InChI=1S/C11H17NO3/c1-13-10-4-3-9(7-11(10)14-2)8-15-6-5-12/h3-4,7H,5-6,8,12H2,1-2H3. The summed E-state index contributed by atoms with van der Waals surface area (Å²) in [6.07, 6.45) is 0. The number of rotatable bonds is 6. The molecule has 2 N–H and O–H groups in total. The summed E-state index contributed by atoms with van der Waals surface area (Å²) >= 11 is 0. The van der Waals surface area contributed by atoms with Crippen molar-refractivity contribution in [2.24, 2.45) is 5.73 Å². The number of hydrogen-bond acceptors (Lipinski definition) is 4. The van der Waals surface area contributed by atoms with Crippen molar-refractivity contribution in [3.63, 3.8) is 0 Å². The molecule has 4 nitrogen and oxygen atoms in total. The molecule has 0 heterocycles. The Kier molecular flexibility index (Phi) is 4.93. The molecule has 0 fully saturated rings. The van der Waals surface area contributed by atoms with Gasteiger partial charge in [-0.2, -0.15) is 0 Å². The van der Waals surface area contributed by atoms with E-state index in [1.807, 2.05) is 18.2 Å². The lowest BCUT2D eigenvalue weighted by Crippen LogP contribution is -2.08. The van der Waals surface area contributed by atoms with Gasteiger partial charge in [-0.05, 0) is 17.7 Å². The van der Waals surface area contributed by atoms with Crippen LogP contribution in [0.15, 0.2) is 18.2 Å². The smallest absolute Gasteiger partial charge is 0.161 e. The van der Waals surface area contributed by atoms with E-state index in [0.717, 1.165) is 11.3 Å². The first-order valence-corrected chi connectivity index (χ1v) is 4.80. The molecule has 1 rings (SSSR count). The largest absolute Gasteiger partial charge is 0.493 e. The molecular weight excluding hydrogens is 194 g/mol. The molecule has 0 saturated heterocycles. The van der Waals surface area contributed by atoms with E-state index in [-0.39, 0.29) is 0 Å². The lowest BCUT2D eigenvalue weighted by molar-refractivity contribution is 0.128. The second-order valence-corrected chi connectivity index (χ2v) is 3.03. The van der Waals surface area contributed by atoms with Crippen molar-refractivity contribution in [1.82, 2.24) is 0 Å². The van der Waals surface area contributed by atoms with Crippen molar-refractivity contribution in [1.29, 1.82) is 0 Å². The quantitative estimate of drug-likeness (QED) is 0.718. The van der Waals surface area contributed by atoms with E-state index in [1.54, 1.807) is 14.2 Å². The van der Waals surface area contributed by atoms with Gasteiger partial charge in [-0.15, -0.1) is 0 Å². The second kappa shape index (κ2) is 6.27. The van der Waals surface area contributed by atoms with Gasteiger partial charge in [-0.3, -0.25) is 0 Å². The summed E-state index contributed by atoms with van der Waals surface area (Å²) in [5.74, 6) is 1.44. The van der Waals surface area contributed by atoms with E-state index in [9.17, 15) is 0 Å². The summed E-state index contributed by atoms with van der Waals surface area (Å²) in [5, 5.41) is 0. The molecule has 0 spiro atoms. The van der Waals surface area contributed by atoms with Crippen molar-refractivity contribution >= 4 is 0 Å². The van der Waals surface area contributed by atoms with E-state index in [4.69, 9.17) is 19.9 Å². The van der Waals surface area contributed by atoms with E-state index in [1.165, 1.54) is 0 Å². The van der Waals surface area contributed by atoms with Gasteiger partial charge in [0.2, 0.25) is 0 Å². The summed E-state index contributed by atoms with van der Waals surface area (Å²) in [5.41, 5.74) is 6.37. The predicted molar refractivity (Wildman–Crippen MR) is 58.3 cm³/mol. The molecular formula is C11H17NO3. The lowest BCUT2D eigenvalue weighted by atomic mass is 10.2. The van der Waals surface area contributed by atoms with Gasteiger partial charge in [0, 0.05) is 6.54 Å². The van der Waals surface area contributed by atoms with E-state index in [0.29, 0.717) is 25.5 Å². The van der Waals surface area contributed by atoms with Crippen LogP contribution < -0.4 is 15.2 Å². The summed E-state index contributed by atoms with van der Waals surface area (Å²) in [7, 11) is 3.23. The van der Waals surface area contributed by atoms with Crippen LogP contribution in [-0.4, -0.2) is 27.4 Å². The Morgan fingerprint density at radius 2 is 1.87 bits per heavy atom. The molecule has 0 aliphatic rings. The molecule has 0 radical (unpaired) electrons. The number of methoxy groups -OCH3 is 2. The van der Waals surface area contributed by atoms with Crippen LogP contribution in [0.5, 0.6) is 11.5 Å². The van der Waals surface area contributed by atoms with Crippen LogP contribution in [0.3, 0.4) is 0 Å². The fourth-order valence-electron chi connectivity index (χ4n) is 1.24. The third kappa shape index (κ3) is 3.42. The molecule has 0 bridgehead atoms. The van der Waals surface area contributed by atoms with Gasteiger partial charge < -0.3 is 19.9 Å². The zero-order valence-corrected chi connectivity index (χ0v) is 9.16. The molecule has 0 aliphatic carbocycles. The highest BCUT2D eigenvalue weighted by Crippen LogP contribution is 2.27. The van der Waals surface area contributed by atoms with E-state index < -0.39 is 0 Å². The van der Waals surface area contributed by atoms with Gasteiger partial charge >= 0.3 is 0 Å². The lowest BCUT2D eigenvalue weighted by Gasteiger charge is -2.09. The number of ether oxygens (including phenoxy) is 3. The average Bonchev–Trinajstić information content (AvgIpc) is 2.29. The monoisotopic (exact) mass is 211 g/mol. The van der Waals surface area contributed by atoms with Gasteiger partial charge in [0.25, 0.3) is 0 Å². The summed E-state index contributed by atoms with van der Waals surface area (Å²) in [6, 6.07) is 5.70. The minimum absolute atomic E-state index is 0.535. The first-order valence-electron chi connectivity index (χ1n) is 4.80. The van der Waals surface area contributed by atoms with E-state index in [2.05, 4.69) is 0 Å². The van der Waals surface area contributed by atoms with E-state index >= 15 is 0 Å². The Hall–Kier alpha value is -1.26. The van der Waals surface area contributed by atoms with Gasteiger partial charge in [-0.1, -0.05) is 6.07 Å². The van der Waals surface area contributed by atoms with Gasteiger partial charge in [-0.25, -0.2) is 0 Å². The highest BCUT2D eigenvalue weighted by atomic mass is 16.5. The summed E-state index contributed by atoms with van der Waals surface area (Å²) < 4.78 is 15.6. The molecule has 1 aromatic carbocycles. The predicted octanol–water partition coefficient (Wildman–Crippen LogP) is 1.18. The number of benzene rings is 1. The Bertz CT molecular complexity index is 302. The van der Waals surface area contributed by atoms with Crippen molar-refractivity contribution in [2.45, 2.75) is 6.61 Å². The minimum atomic E-state index is 0.535. The van der Waals surface area contributed by atoms with Crippen molar-refractivity contribution in [2.75, 3.05) is 27.4 Å². The Morgan fingerprint density at radius 1 is 1.13 bits per heavy atom. The Morgan fingerprint density at radius 3 is 2.47 bits per heavy atom. The van der Waals surface area contributed by atoms with Crippen molar-refractivity contribution in [3.8, 4) is 11.5 Å². The molecule has 0 unspecified atom stereocenters. The number of hydrogen-bond donors (Lipinski definition) is 1. The zero-order valence-electron chi connectivity index (χ0n) is 9.16. The topological polar surface area (TPSA) is 53.7 Å². The molecule has 4 heteroatoms.